The summed E-state index contributed by atoms with van der Waals surface area (Å²) in [6.45, 7) is 3.84. The van der Waals surface area contributed by atoms with Crippen molar-refractivity contribution in [2.45, 2.75) is 26.5 Å². The number of rotatable bonds is 9. The molecule has 0 bridgehead atoms. The molecule has 1 amide bonds. The third-order valence-electron chi connectivity index (χ3n) is 3.81. The summed E-state index contributed by atoms with van der Waals surface area (Å²) in [5.41, 5.74) is 1.26. The first-order chi connectivity index (χ1) is 13.2. The molecule has 1 N–H and O–H groups in total. The highest BCUT2D eigenvalue weighted by Gasteiger charge is 2.20. The number of nitrogens with zero attached hydrogens (tertiary/aromatic N) is 1. The van der Waals surface area contributed by atoms with Crippen LogP contribution in [0.15, 0.2) is 48.5 Å². The third kappa shape index (κ3) is 6.45. The summed E-state index contributed by atoms with van der Waals surface area (Å²) in [6, 6.07) is 13.9. The fourth-order valence-electron chi connectivity index (χ4n) is 2.54. The second-order valence-electron chi connectivity index (χ2n) is 6.56. The molecule has 0 aliphatic heterocycles. The first-order valence-corrected chi connectivity index (χ1v) is 10.7. The Hall–Kier alpha value is -2.74. The molecule has 0 saturated heterocycles. The zero-order chi connectivity index (χ0) is 20.7. The minimum Gasteiger partial charge on any atom is -0.497 e. The molecule has 0 aliphatic carbocycles. The van der Waals surface area contributed by atoms with Crippen LogP contribution in [0, 0.1) is 0 Å². The Morgan fingerprint density at radius 1 is 1.11 bits per heavy atom. The van der Waals surface area contributed by atoms with E-state index in [-0.39, 0.29) is 19.2 Å². The molecule has 8 heteroatoms. The molecule has 152 valence electrons. The van der Waals surface area contributed by atoms with Crippen LogP contribution < -0.4 is 19.1 Å². The van der Waals surface area contributed by atoms with E-state index >= 15 is 0 Å². The van der Waals surface area contributed by atoms with Gasteiger partial charge in [0.15, 0.2) is 0 Å². The Labute approximate surface area is 166 Å². The lowest BCUT2D eigenvalue weighted by Crippen LogP contribution is -2.40. The Kier molecular flexibility index (Phi) is 7.28. The van der Waals surface area contributed by atoms with Crippen molar-refractivity contribution in [1.29, 1.82) is 0 Å². The van der Waals surface area contributed by atoms with Crippen molar-refractivity contribution in [2.24, 2.45) is 0 Å². The van der Waals surface area contributed by atoms with E-state index in [1.54, 1.807) is 24.3 Å². The maximum absolute atomic E-state index is 12.4. The molecule has 0 atom stereocenters. The standard InChI is InChI=1S/C20H26N2O5S/c1-15(2)27-19-7-5-6-16(12-19)13-21-20(23)14-22(28(4,24)25)17-8-10-18(26-3)11-9-17/h5-12,15H,13-14H2,1-4H3,(H,21,23). The third-order valence-corrected chi connectivity index (χ3v) is 4.95. The average Bonchev–Trinajstić information content (AvgIpc) is 2.63. The summed E-state index contributed by atoms with van der Waals surface area (Å²) in [5.74, 6) is 0.916. The van der Waals surface area contributed by atoms with Gasteiger partial charge in [-0.3, -0.25) is 9.10 Å². The first kappa shape index (κ1) is 21.6. The van der Waals surface area contributed by atoms with Crippen molar-refractivity contribution in [3.8, 4) is 11.5 Å². The van der Waals surface area contributed by atoms with Crippen molar-refractivity contribution in [2.75, 3.05) is 24.2 Å². The number of amides is 1. The summed E-state index contributed by atoms with van der Waals surface area (Å²) in [7, 11) is -2.10. The van der Waals surface area contributed by atoms with E-state index in [2.05, 4.69) is 5.32 Å². The predicted molar refractivity (Wildman–Crippen MR) is 109 cm³/mol. The van der Waals surface area contributed by atoms with Crippen molar-refractivity contribution < 1.29 is 22.7 Å². The molecule has 0 unspecified atom stereocenters. The quantitative estimate of drug-likeness (QED) is 0.692. The van der Waals surface area contributed by atoms with Gasteiger partial charge in [-0.05, 0) is 55.8 Å². The molecule has 0 spiro atoms. The van der Waals surface area contributed by atoms with Crippen molar-refractivity contribution in [3.05, 3.63) is 54.1 Å². The molecule has 0 radical (unpaired) electrons. The van der Waals surface area contributed by atoms with Crippen LogP contribution in [0.25, 0.3) is 0 Å². The fourth-order valence-corrected chi connectivity index (χ4v) is 3.39. The van der Waals surface area contributed by atoms with E-state index in [9.17, 15) is 13.2 Å². The van der Waals surface area contributed by atoms with Gasteiger partial charge in [0.2, 0.25) is 15.9 Å². The number of carbonyl (C=O) groups is 1. The van der Waals surface area contributed by atoms with Gasteiger partial charge in [-0.25, -0.2) is 8.42 Å². The molecule has 2 aromatic rings. The van der Waals surface area contributed by atoms with Crippen molar-refractivity contribution in [3.63, 3.8) is 0 Å². The number of sulfonamides is 1. The van der Waals surface area contributed by atoms with Gasteiger partial charge in [0.05, 0.1) is 25.2 Å². The van der Waals surface area contributed by atoms with Crippen LogP contribution in [0.5, 0.6) is 11.5 Å². The van der Waals surface area contributed by atoms with Gasteiger partial charge < -0.3 is 14.8 Å². The van der Waals surface area contributed by atoms with Crippen LogP contribution in [0.4, 0.5) is 5.69 Å². The Morgan fingerprint density at radius 2 is 1.79 bits per heavy atom. The average molecular weight is 407 g/mol. The maximum atomic E-state index is 12.4. The van der Waals surface area contributed by atoms with E-state index < -0.39 is 15.9 Å². The van der Waals surface area contributed by atoms with Crippen LogP contribution in [0.2, 0.25) is 0 Å². The number of benzene rings is 2. The second-order valence-corrected chi connectivity index (χ2v) is 8.47. The number of carbonyl (C=O) groups excluding carboxylic acids is 1. The molecule has 0 aromatic heterocycles. The summed E-state index contributed by atoms with van der Waals surface area (Å²) >= 11 is 0. The Balaban J connectivity index is 2.04. The van der Waals surface area contributed by atoms with Crippen LogP contribution in [-0.2, 0) is 21.4 Å². The van der Waals surface area contributed by atoms with E-state index in [0.29, 0.717) is 11.4 Å². The molecule has 0 heterocycles. The zero-order valence-electron chi connectivity index (χ0n) is 16.5. The van der Waals surface area contributed by atoms with Gasteiger partial charge in [-0.2, -0.15) is 0 Å². The van der Waals surface area contributed by atoms with Gasteiger partial charge in [0.1, 0.15) is 18.0 Å². The number of hydrogen-bond donors (Lipinski definition) is 1. The first-order valence-electron chi connectivity index (χ1n) is 8.83. The summed E-state index contributed by atoms with van der Waals surface area (Å²) < 4.78 is 36.1. The topological polar surface area (TPSA) is 84.9 Å². The molecular weight excluding hydrogens is 380 g/mol. The summed E-state index contributed by atoms with van der Waals surface area (Å²) in [5, 5.41) is 2.75. The zero-order valence-corrected chi connectivity index (χ0v) is 17.3. The number of hydrogen-bond acceptors (Lipinski definition) is 5. The SMILES string of the molecule is COc1ccc(N(CC(=O)NCc2cccc(OC(C)C)c2)S(C)(=O)=O)cc1. The smallest absolute Gasteiger partial charge is 0.241 e. The van der Waals surface area contributed by atoms with E-state index in [4.69, 9.17) is 9.47 Å². The van der Waals surface area contributed by atoms with Crippen LogP contribution >= 0.6 is 0 Å². The predicted octanol–water partition coefficient (Wildman–Crippen LogP) is 2.56. The molecule has 28 heavy (non-hydrogen) atoms. The minimum atomic E-state index is -3.62. The lowest BCUT2D eigenvalue weighted by molar-refractivity contribution is -0.119. The Morgan fingerprint density at radius 3 is 2.36 bits per heavy atom. The second kappa shape index (κ2) is 9.45. The molecule has 0 aliphatic rings. The van der Waals surface area contributed by atoms with Gasteiger partial charge >= 0.3 is 0 Å². The normalized spacial score (nSPS) is 11.2. The van der Waals surface area contributed by atoms with E-state index in [0.717, 1.165) is 21.9 Å². The van der Waals surface area contributed by atoms with E-state index in [1.807, 2.05) is 38.1 Å². The monoisotopic (exact) mass is 406 g/mol. The molecular formula is C20H26N2O5S. The van der Waals surface area contributed by atoms with Gasteiger partial charge in [-0.1, -0.05) is 12.1 Å². The lowest BCUT2D eigenvalue weighted by atomic mass is 10.2. The summed E-state index contributed by atoms with van der Waals surface area (Å²) in [4.78, 5) is 12.4. The highest BCUT2D eigenvalue weighted by Crippen LogP contribution is 2.21. The Bertz CT molecular complexity index is 895. The fraction of sp³-hybridized carbons (Fsp3) is 0.350. The van der Waals surface area contributed by atoms with Crippen LogP contribution in [0.3, 0.4) is 0 Å². The van der Waals surface area contributed by atoms with Crippen molar-refractivity contribution >= 4 is 21.6 Å². The highest BCUT2D eigenvalue weighted by atomic mass is 32.2. The molecule has 0 fully saturated rings. The lowest BCUT2D eigenvalue weighted by Gasteiger charge is -2.22. The largest absolute Gasteiger partial charge is 0.497 e. The molecule has 2 rings (SSSR count). The number of ether oxygens (including phenoxy) is 2. The number of anilines is 1. The van der Waals surface area contributed by atoms with Crippen LogP contribution in [-0.4, -0.2) is 40.3 Å². The maximum Gasteiger partial charge on any atom is 0.241 e. The molecule has 2 aromatic carbocycles. The van der Waals surface area contributed by atoms with E-state index in [1.165, 1.54) is 7.11 Å². The van der Waals surface area contributed by atoms with Gasteiger partial charge in [0.25, 0.3) is 0 Å². The highest BCUT2D eigenvalue weighted by molar-refractivity contribution is 7.92. The van der Waals surface area contributed by atoms with Crippen molar-refractivity contribution in [1.82, 2.24) is 5.32 Å². The van der Waals surface area contributed by atoms with Gasteiger partial charge in [-0.15, -0.1) is 0 Å². The molecule has 7 nitrogen and oxygen atoms in total. The number of nitrogens with one attached hydrogen (secondary N) is 1. The summed E-state index contributed by atoms with van der Waals surface area (Å²) in [6.07, 6.45) is 1.12. The minimum absolute atomic E-state index is 0.0534. The van der Waals surface area contributed by atoms with Gasteiger partial charge in [0, 0.05) is 6.54 Å². The van der Waals surface area contributed by atoms with Crippen LogP contribution in [0.1, 0.15) is 19.4 Å². The molecule has 0 saturated carbocycles. The number of methoxy groups -OCH3 is 1.